The third kappa shape index (κ3) is 3.81. The highest BCUT2D eigenvalue weighted by molar-refractivity contribution is 5.88. The molecule has 0 radical (unpaired) electrons. The van der Waals surface area contributed by atoms with Gasteiger partial charge in [-0.1, -0.05) is 36.4 Å². The molecule has 1 unspecified atom stereocenters. The Hall–Kier alpha value is -4.44. The van der Waals surface area contributed by atoms with Crippen LogP contribution in [0, 0.1) is 12.7 Å². The zero-order valence-electron chi connectivity index (χ0n) is 20.2. The summed E-state index contributed by atoms with van der Waals surface area (Å²) in [5, 5.41) is 8.30. The molecule has 3 heterocycles. The van der Waals surface area contributed by atoms with E-state index in [4.69, 9.17) is 26.3 Å². The highest BCUT2D eigenvalue weighted by Gasteiger charge is 2.41. The minimum absolute atomic E-state index is 0.0245. The first-order chi connectivity index (χ1) is 17.3. The molecule has 1 aliphatic rings. The number of nitrogens with two attached hydrogens (primary N) is 2. The van der Waals surface area contributed by atoms with Gasteiger partial charge < -0.3 is 20.7 Å². The first kappa shape index (κ1) is 23.3. The number of halogens is 1. The monoisotopic (exact) mass is 486 g/mol. The number of nitrogens with zero attached hydrogens (tertiary/aromatic N) is 5. The van der Waals surface area contributed by atoms with Gasteiger partial charge in [0.2, 0.25) is 0 Å². The smallest absolute Gasteiger partial charge is 0.184 e. The molecule has 2 aromatic heterocycles. The molecule has 5 N–H and O–H groups in total. The molecule has 1 aliphatic heterocycles. The first-order valence-corrected chi connectivity index (χ1v) is 11.4. The molecule has 10 heteroatoms. The predicted octanol–water partition coefficient (Wildman–Crippen LogP) is 2.88. The minimum atomic E-state index is -1.41. The summed E-state index contributed by atoms with van der Waals surface area (Å²) in [5.74, 6) is 0.410. The van der Waals surface area contributed by atoms with Gasteiger partial charge in [-0.15, -0.1) is 0 Å². The fraction of sp³-hybridized carbons (Fsp3) is 0.192. The van der Waals surface area contributed by atoms with Crippen molar-refractivity contribution in [1.29, 1.82) is 0 Å². The SMILES string of the molecule is Cc1nn(-c2ccccc2)c2ncc(C3(N)N=CNC(N)=C3N(C)C)c(OCc3ccccc3F)c12. The Morgan fingerprint density at radius 1 is 1.11 bits per heavy atom. The molecular formula is C26H27FN8O. The van der Waals surface area contributed by atoms with Crippen LogP contribution in [0.1, 0.15) is 16.8 Å². The van der Waals surface area contributed by atoms with E-state index >= 15 is 0 Å². The molecule has 36 heavy (non-hydrogen) atoms. The topological polar surface area (TPSA) is 120 Å². The van der Waals surface area contributed by atoms with Gasteiger partial charge in [0.15, 0.2) is 11.3 Å². The average Bonchev–Trinajstić information content (AvgIpc) is 3.20. The van der Waals surface area contributed by atoms with E-state index in [0.717, 1.165) is 5.69 Å². The van der Waals surface area contributed by atoms with E-state index in [0.29, 0.717) is 45.1 Å². The van der Waals surface area contributed by atoms with Crippen LogP contribution >= 0.6 is 0 Å². The van der Waals surface area contributed by atoms with Crippen molar-refractivity contribution in [3.05, 3.63) is 95.0 Å². The molecule has 5 rings (SSSR count). The van der Waals surface area contributed by atoms with E-state index in [-0.39, 0.29) is 12.4 Å². The molecular weight excluding hydrogens is 459 g/mol. The van der Waals surface area contributed by atoms with Crippen molar-refractivity contribution in [2.24, 2.45) is 16.5 Å². The van der Waals surface area contributed by atoms with E-state index in [2.05, 4.69) is 10.3 Å². The second-order valence-electron chi connectivity index (χ2n) is 8.74. The summed E-state index contributed by atoms with van der Waals surface area (Å²) >= 11 is 0. The summed E-state index contributed by atoms with van der Waals surface area (Å²) in [6.45, 7) is 1.85. The molecule has 1 atom stereocenters. The van der Waals surface area contributed by atoms with Crippen LogP contribution < -0.4 is 21.5 Å². The molecule has 9 nitrogen and oxygen atoms in total. The number of hydrogen-bond acceptors (Lipinski definition) is 8. The Morgan fingerprint density at radius 2 is 1.83 bits per heavy atom. The lowest BCUT2D eigenvalue weighted by molar-refractivity contribution is 0.287. The number of likely N-dealkylation sites (N-methyl/N-ethyl adjacent to an activating group) is 1. The van der Waals surface area contributed by atoms with Gasteiger partial charge in [0, 0.05) is 25.9 Å². The number of aromatic nitrogens is 3. The average molecular weight is 487 g/mol. The van der Waals surface area contributed by atoms with Gasteiger partial charge in [0.05, 0.1) is 28.7 Å². The van der Waals surface area contributed by atoms with E-state index in [1.165, 1.54) is 12.4 Å². The molecule has 184 valence electrons. The fourth-order valence-electron chi connectivity index (χ4n) is 4.47. The summed E-state index contributed by atoms with van der Waals surface area (Å²) in [6.07, 6.45) is 3.08. The molecule has 0 saturated carbocycles. The van der Waals surface area contributed by atoms with Crippen molar-refractivity contribution in [2.45, 2.75) is 19.2 Å². The summed E-state index contributed by atoms with van der Waals surface area (Å²) < 4.78 is 22.6. The third-order valence-corrected chi connectivity index (χ3v) is 6.12. The van der Waals surface area contributed by atoms with Crippen molar-refractivity contribution in [3.63, 3.8) is 0 Å². The lowest BCUT2D eigenvalue weighted by Crippen LogP contribution is -2.49. The summed E-state index contributed by atoms with van der Waals surface area (Å²) in [5.41, 5.74) is 15.3. The van der Waals surface area contributed by atoms with Gasteiger partial charge in [-0.25, -0.2) is 19.0 Å². The lowest BCUT2D eigenvalue weighted by Gasteiger charge is -2.37. The van der Waals surface area contributed by atoms with Gasteiger partial charge in [0.25, 0.3) is 0 Å². The molecule has 0 bridgehead atoms. The van der Waals surface area contributed by atoms with Crippen LogP contribution in [0.25, 0.3) is 16.7 Å². The Morgan fingerprint density at radius 3 is 2.56 bits per heavy atom. The second-order valence-corrected chi connectivity index (χ2v) is 8.74. The second kappa shape index (κ2) is 8.97. The zero-order valence-corrected chi connectivity index (χ0v) is 20.2. The van der Waals surface area contributed by atoms with Crippen molar-refractivity contribution in [3.8, 4) is 11.4 Å². The van der Waals surface area contributed by atoms with Crippen LogP contribution in [0.2, 0.25) is 0 Å². The van der Waals surface area contributed by atoms with E-state index < -0.39 is 5.66 Å². The first-order valence-electron chi connectivity index (χ1n) is 11.4. The Kier molecular flexibility index (Phi) is 5.81. The number of aryl methyl sites for hydroxylation is 1. The van der Waals surface area contributed by atoms with Gasteiger partial charge in [-0.3, -0.25) is 5.73 Å². The standard InChI is InChI=1S/C26H27FN8O/c1-16-21-22(36-14-17-9-7-8-12-20(17)27)19(26(29)23(34(2)3)24(28)31-15-32-26)13-30-25(21)35(33-16)18-10-5-4-6-11-18/h4-13,15H,14,28-29H2,1-3H3,(H,31,32). The van der Waals surface area contributed by atoms with Crippen LogP contribution in [0.5, 0.6) is 5.75 Å². The largest absolute Gasteiger partial charge is 0.487 e. The maximum Gasteiger partial charge on any atom is 0.184 e. The van der Waals surface area contributed by atoms with E-state index in [1.54, 1.807) is 34.0 Å². The van der Waals surface area contributed by atoms with E-state index in [1.807, 2.05) is 51.4 Å². The molecule has 0 spiro atoms. The van der Waals surface area contributed by atoms with Gasteiger partial charge in [-0.05, 0) is 25.1 Å². The minimum Gasteiger partial charge on any atom is -0.487 e. The van der Waals surface area contributed by atoms with Crippen LogP contribution in [-0.4, -0.2) is 40.1 Å². The van der Waals surface area contributed by atoms with E-state index in [9.17, 15) is 4.39 Å². The molecule has 0 amide bonds. The van der Waals surface area contributed by atoms with Gasteiger partial charge in [0.1, 0.15) is 29.7 Å². The number of benzene rings is 2. The Bertz CT molecular complexity index is 1490. The van der Waals surface area contributed by atoms with Crippen LogP contribution in [-0.2, 0) is 12.3 Å². The summed E-state index contributed by atoms with van der Waals surface area (Å²) in [4.78, 5) is 11.1. The molecule has 2 aromatic carbocycles. The van der Waals surface area contributed by atoms with Crippen LogP contribution in [0.4, 0.5) is 4.39 Å². The Balaban J connectivity index is 1.75. The van der Waals surface area contributed by atoms with Crippen molar-refractivity contribution in [1.82, 2.24) is 25.0 Å². The number of para-hydroxylation sites is 1. The number of aliphatic imine (C=N–C) groups is 1. The molecule has 0 aliphatic carbocycles. The van der Waals surface area contributed by atoms with Crippen LogP contribution in [0.3, 0.4) is 0 Å². The molecule has 4 aromatic rings. The number of pyridine rings is 1. The number of rotatable bonds is 6. The fourth-order valence-corrected chi connectivity index (χ4v) is 4.47. The highest BCUT2D eigenvalue weighted by Crippen LogP contribution is 2.42. The molecule has 0 saturated heterocycles. The normalized spacial score (nSPS) is 17.4. The van der Waals surface area contributed by atoms with Gasteiger partial charge >= 0.3 is 0 Å². The van der Waals surface area contributed by atoms with Crippen molar-refractivity contribution in [2.75, 3.05) is 14.1 Å². The van der Waals surface area contributed by atoms with Gasteiger partial charge in [-0.2, -0.15) is 5.10 Å². The molecule has 0 fully saturated rings. The summed E-state index contributed by atoms with van der Waals surface area (Å²) in [6, 6.07) is 16.1. The zero-order chi connectivity index (χ0) is 25.4. The number of fused-ring (bicyclic) bond motifs is 1. The lowest BCUT2D eigenvalue weighted by atomic mass is 9.94. The number of nitrogens with one attached hydrogen (secondary N) is 1. The van der Waals surface area contributed by atoms with Crippen LogP contribution in [0.15, 0.2) is 77.3 Å². The Labute approximate surface area is 207 Å². The maximum atomic E-state index is 14.5. The summed E-state index contributed by atoms with van der Waals surface area (Å²) in [7, 11) is 3.66. The third-order valence-electron chi connectivity index (χ3n) is 6.12. The highest BCUT2D eigenvalue weighted by atomic mass is 19.1. The number of hydrogen-bond donors (Lipinski definition) is 3. The quantitative estimate of drug-likeness (QED) is 0.383. The number of ether oxygens (including phenoxy) is 1. The van der Waals surface area contributed by atoms with Crippen molar-refractivity contribution < 1.29 is 9.13 Å². The van der Waals surface area contributed by atoms with Crippen molar-refractivity contribution >= 4 is 17.4 Å². The predicted molar refractivity (Wildman–Crippen MR) is 137 cm³/mol. The maximum absolute atomic E-state index is 14.5.